The SMILES string of the molecule is CC(C)c1noc(-c2cccnc2N2CCCN(Cc3cc(F)cc(F)c3)CC2)n1. The second-order valence-electron chi connectivity index (χ2n) is 7.88. The van der Waals surface area contributed by atoms with Crippen molar-refractivity contribution in [2.45, 2.75) is 32.7 Å². The topological polar surface area (TPSA) is 58.3 Å². The summed E-state index contributed by atoms with van der Waals surface area (Å²) < 4.78 is 32.5. The highest BCUT2D eigenvalue weighted by Gasteiger charge is 2.22. The van der Waals surface area contributed by atoms with Crippen LogP contribution in [-0.2, 0) is 6.54 Å². The first-order valence-electron chi connectivity index (χ1n) is 10.2. The third-order valence-corrected chi connectivity index (χ3v) is 5.19. The summed E-state index contributed by atoms with van der Waals surface area (Å²) in [6.07, 6.45) is 2.67. The Hall–Kier alpha value is -2.87. The van der Waals surface area contributed by atoms with Crippen LogP contribution in [-0.4, -0.2) is 46.2 Å². The molecular weight excluding hydrogens is 388 g/mol. The minimum absolute atomic E-state index is 0.182. The first kappa shape index (κ1) is 20.4. The molecule has 1 saturated heterocycles. The summed E-state index contributed by atoms with van der Waals surface area (Å²) in [6, 6.07) is 7.49. The second kappa shape index (κ2) is 8.87. The Labute approximate surface area is 174 Å². The Morgan fingerprint density at radius 1 is 1.07 bits per heavy atom. The molecule has 0 bridgehead atoms. The molecule has 0 atom stereocenters. The normalized spacial score (nSPS) is 15.6. The van der Waals surface area contributed by atoms with Crippen LogP contribution < -0.4 is 4.90 Å². The van der Waals surface area contributed by atoms with Gasteiger partial charge in [0.15, 0.2) is 5.82 Å². The van der Waals surface area contributed by atoms with E-state index >= 15 is 0 Å². The third-order valence-electron chi connectivity index (χ3n) is 5.19. The van der Waals surface area contributed by atoms with E-state index in [2.05, 4.69) is 24.9 Å². The zero-order valence-electron chi connectivity index (χ0n) is 17.2. The highest BCUT2D eigenvalue weighted by molar-refractivity contribution is 5.69. The first-order chi connectivity index (χ1) is 14.5. The van der Waals surface area contributed by atoms with E-state index < -0.39 is 11.6 Å². The summed E-state index contributed by atoms with van der Waals surface area (Å²) in [5.41, 5.74) is 1.46. The summed E-state index contributed by atoms with van der Waals surface area (Å²) in [7, 11) is 0. The van der Waals surface area contributed by atoms with Crippen LogP contribution in [0, 0.1) is 11.6 Å². The maximum atomic E-state index is 13.5. The number of halogens is 2. The standard InChI is InChI=1S/C22H25F2N5O/c1-15(2)20-26-22(30-27-20)19-5-3-6-25-21(19)29-8-4-7-28(9-10-29)14-16-11-17(23)13-18(24)12-16/h3,5-6,11-13,15H,4,7-10,14H2,1-2H3. The largest absolute Gasteiger partial charge is 0.355 e. The molecule has 1 aliphatic heterocycles. The molecule has 6 nitrogen and oxygen atoms in total. The molecule has 0 amide bonds. The van der Waals surface area contributed by atoms with Crippen LogP contribution in [0.15, 0.2) is 41.1 Å². The molecule has 2 aromatic heterocycles. The molecule has 1 aromatic carbocycles. The maximum Gasteiger partial charge on any atom is 0.261 e. The monoisotopic (exact) mass is 413 g/mol. The van der Waals surface area contributed by atoms with Gasteiger partial charge >= 0.3 is 0 Å². The summed E-state index contributed by atoms with van der Waals surface area (Å²) in [5.74, 6) is 1.05. The van der Waals surface area contributed by atoms with E-state index in [-0.39, 0.29) is 5.92 Å². The molecule has 8 heteroatoms. The Morgan fingerprint density at radius 2 is 1.87 bits per heavy atom. The summed E-state index contributed by atoms with van der Waals surface area (Å²) in [6.45, 7) is 7.72. The molecule has 1 aliphatic rings. The van der Waals surface area contributed by atoms with Gasteiger partial charge in [-0.3, -0.25) is 4.90 Å². The van der Waals surface area contributed by atoms with Crippen molar-refractivity contribution in [3.8, 4) is 11.5 Å². The van der Waals surface area contributed by atoms with E-state index in [1.54, 1.807) is 6.20 Å². The minimum atomic E-state index is -0.542. The zero-order valence-corrected chi connectivity index (χ0v) is 17.2. The molecule has 0 spiro atoms. The number of aromatic nitrogens is 3. The van der Waals surface area contributed by atoms with Gasteiger partial charge < -0.3 is 9.42 Å². The molecule has 0 aliphatic carbocycles. The van der Waals surface area contributed by atoms with Crippen molar-refractivity contribution in [3.05, 3.63) is 59.6 Å². The number of nitrogens with zero attached hydrogens (tertiary/aromatic N) is 5. The van der Waals surface area contributed by atoms with Crippen LogP contribution in [0.2, 0.25) is 0 Å². The van der Waals surface area contributed by atoms with Gasteiger partial charge in [-0.15, -0.1) is 0 Å². The van der Waals surface area contributed by atoms with E-state index in [1.165, 1.54) is 12.1 Å². The van der Waals surface area contributed by atoms with Gasteiger partial charge in [0.2, 0.25) is 0 Å². The lowest BCUT2D eigenvalue weighted by molar-refractivity contribution is 0.284. The first-order valence-corrected chi connectivity index (χ1v) is 10.2. The van der Waals surface area contributed by atoms with E-state index in [0.717, 1.165) is 50.0 Å². The van der Waals surface area contributed by atoms with Crippen molar-refractivity contribution < 1.29 is 13.3 Å². The molecule has 0 unspecified atom stereocenters. The van der Waals surface area contributed by atoms with E-state index in [0.29, 0.717) is 23.8 Å². The molecule has 3 aromatic rings. The summed E-state index contributed by atoms with van der Waals surface area (Å²) in [5, 5.41) is 4.07. The van der Waals surface area contributed by atoms with Crippen molar-refractivity contribution in [1.29, 1.82) is 0 Å². The van der Waals surface area contributed by atoms with Crippen molar-refractivity contribution in [1.82, 2.24) is 20.0 Å². The van der Waals surface area contributed by atoms with Crippen LogP contribution in [0.4, 0.5) is 14.6 Å². The van der Waals surface area contributed by atoms with E-state index in [9.17, 15) is 8.78 Å². The average molecular weight is 413 g/mol. The van der Waals surface area contributed by atoms with Crippen molar-refractivity contribution >= 4 is 5.82 Å². The van der Waals surface area contributed by atoms with E-state index in [1.807, 2.05) is 26.0 Å². The fourth-order valence-corrected chi connectivity index (χ4v) is 3.70. The lowest BCUT2D eigenvalue weighted by atomic mass is 10.2. The highest BCUT2D eigenvalue weighted by atomic mass is 19.1. The molecule has 30 heavy (non-hydrogen) atoms. The minimum Gasteiger partial charge on any atom is -0.355 e. The van der Waals surface area contributed by atoms with Crippen molar-refractivity contribution in [2.75, 3.05) is 31.1 Å². The number of pyridine rings is 1. The molecule has 1 fully saturated rings. The lowest BCUT2D eigenvalue weighted by Crippen LogP contribution is -2.31. The quantitative estimate of drug-likeness (QED) is 0.623. The van der Waals surface area contributed by atoms with Gasteiger partial charge in [-0.2, -0.15) is 4.98 Å². The molecular formula is C22H25F2N5O. The Balaban J connectivity index is 1.49. The average Bonchev–Trinajstić information content (AvgIpc) is 3.09. The predicted molar refractivity (Wildman–Crippen MR) is 110 cm³/mol. The molecule has 158 valence electrons. The smallest absolute Gasteiger partial charge is 0.261 e. The van der Waals surface area contributed by atoms with Gasteiger partial charge in [0, 0.05) is 50.9 Å². The second-order valence-corrected chi connectivity index (χ2v) is 7.88. The van der Waals surface area contributed by atoms with Crippen LogP contribution >= 0.6 is 0 Å². The number of anilines is 1. The Kier molecular flexibility index (Phi) is 6.03. The maximum absolute atomic E-state index is 13.5. The van der Waals surface area contributed by atoms with Gasteiger partial charge in [0.25, 0.3) is 5.89 Å². The Morgan fingerprint density at radius 3 is 2.60 bits per heavy atom. The van der Waals surface area contributed by atoms with Crippen LogP contribution in [0.1, 0.15) is 37.6 Å². The van der Waals surface area contributed by atoms with Gasteiger partial charge in [-0.25, -0.2) is 13.8 Å². The molecule has 0 saturated carbocycles. The highest BCUT2D eigenvalue weighted by Crippen LogP contribution is 2.29. The van der Waals surface area contributed by atoms with Gasteiger partial charge in [0.1, 0.15) is 17.5 Å². The summed E-state index contributed by atoms with van der Waals surface area (Å²) in [4.78, 5) is 13.5. The molecule has 3 heterocycles. The van der Waals surface area contributed by atoms with E-state index in [4.69, 9.17) is 4.52 Å². The van der Waals surface area contributed by atoms with Gasteiger partial charge in [0.05, 0.1) is 5.56 Å². The fraction of sp³-hybridized carbons (Fsp3) is 0.409. The lowest BCUT2D eigenvalue weighted by Gasteiger charge is -2.24. The third kappa shape index (κ3) is 4.64. The van der Waals surface area contributed by atoms with Crippen LogP contribution in [0.25, 0.3) is 11.5 Å². The fourth-order valence-electron chi connectivity index (χ4n) is 3.70. The van der Waals surface area contributed by atoms with Crippen molar-refractivity contribution in [3.63, 3.8) is 0 Å². The Bertz CT molecular complexity index is 986. The van der Waals surface area contributed by atoms with Gasteiger partial charge in [-0.05, 0) is 36.2 Å². The van der Waals surface area contributed by atoms with Crippen molar-refractivity contribution in [2.24, 2.45) is 0 Å². The zero-order chi connectivity index (χ0) is 21.1. The number of hydrogen-bond acceptors (Lipinski definition) is 6. The van der Waals surface area contributed by atoms with Crippen LogP contribution in [0.5, 0.6) is 0 Å². The van der Waals surface area contributed by atoms with Gasteiger partial charge in [-0.1, -0.05) is 19.0 Å². The number of rotatable bonds is 5. The molecule has 0 radical (unpaired) electrons. The molecule has 0 N–H and O–H groups in total. The molecule has 4 rings (SSSR count). The number of hydrogen-bond donors (Lipinski definition) is 0. The van der Waals surface area contributed by atoms with Crippen LogP contribution in [0.3, 0.4) is 0 Å². The number of benzene rings is 1. The predicted octanol–water partition coefficient (Wildman–Crippen LogP) is 4.25. The summed E-state index contributed by atoms with van der Waals surface area (Å²) >= 11 is 0.